The molecule has 2 aromatic carbocycles. The topological polar surface area (TPSA) is 96.0 Å². The van der Waals surface area contributed by atoms with Crippen molar-refractivity contribution < 1.29 is 22.7 Å². The quantitative estimate of drug-likeness (QED) is 0.331. The van der Waals surface area contributed by atoms with Crippen LogP contribution in [0.5, 0.6) is 5.75 Å². The second-order valence-corrected chi connectivity index (χ2v) is 11.6. The van der Waals surface area contributed by atoms with E-state index in [0.717, 1.165) is 29.5 Å². The summed E-state index contributed by atoms with van der Waals surface area (Å²) in [6.07, 6.45) is 3.90. The first-order chi connectivity index (χ1) is 18.0. The first-order valence-electron chi connectivity index (χ1n) is 13.3. The molecular weight excluding hydrogens is 502 g/mol. The lowest BCUT2D eigenvalue weighted by molar-refractivity contribution is -0.141. The predicted molar refractivity (Wildman–Crippen MR) is 153 cm³/mol. The average Bonchev–Trinajstić information content (AvgIpc) is 2.85. The molecule has 0 unspecified atom stereocenters. The van der Waals surface area contributed by atoms with E-state index in [4.69, 9.17) is 4.74 Å². The number of methoxy groups -OCH3 is 1. The van der Waals surface area contributed by atoms with E-state index in [-0.39, 0.29) is 31.3 Å². The highest BCUT2D eigenvalue weighted by Gasteiger charge is 2.29. The molecule has 2 amide bonds. The van der Waals surface area contributed by atoms with Gasteiger partial charge in [0.25, 0.3) is 0 Å². The lowest BCUT2D eigenvalue weighted by atomic mass is 10.1. The number of carbonyl (C=O) groups is 2. The maximum Gasteiger partial charge on any atom is 0.242 e. The number of ether oxygens (including phenoxy) is 1. The largest absolute Gasteiger partial charge is 0.497 e. The number of hydrogen-bond acceptors (Lipinski definition) is 5. The summed E-state index contributed by atoms with van der Waals surface area (Å²) in [5.74, 6) is 0.303. The Hall–Kier alpha value is -3.07. The van der Waals surface area contributed by atoms with Gasteiger partial charge in [0, 0.05) is 26.1 Å². The molecule has 0 aliphatic heterocycles. The van der Waals surface area contributed by atoms with Crippen LogP contribution in [0.15, 0.2) is 42.5 Å². The van der Waals surface area contributed by atoms with Gasteiger partial charge in [0.05, 0.1) is 19.1 Å². The lowest BCUT2D eigenvalue weighted by Gasteiger charge is -2.31. The molecule has 1 N–H and O–H groups in total. The van der Waals surface area contributed by atoms with Crippen LogP contribution in [-0.2, 0) is 26.2 Å². The minimum atomic E-state index is -3.54. The van der Waals surface area contributed by atoms with Gasteiger partial charge in [-0.25, -0.2) is 8.42 Å². The third-order valence-electron chi connectivity index (χ3n) is 6.35. The van der Waals surface area contributed by atoms with Crippen molar-refractivity contribution in [3.63, 3.8) is 0 Å². The highest BCUT2D eigenvalue weighted by atomic mass is 32.2. The Kier molecular flexibility index (Phi) is 12.1. The van der Waals surface area contributed by atoms with Gasteiger partial charge in [-0.3, -0.25) is 13.9 Å². The van der Waals surface area contributed by atoms with Gasteiger partial charge in [0.1, 0.15) is 11.8 Å². The molecule has 210 valence electrons. The molecule has 0 heterocycles. The summed E-state index contributed by atoms with van der Waals surface area (Å²) < 4.78 is 31.9. The Morgan fingerprint density at radius 3 is 2.29 bits per heavy atom. The van der Waals surface area contributed by atoms with Crippen LogP contribution in [0, 0.1) is 13.8 Å². The fraction of sp³-hybridized carbons (Fsp3) is 0.517. The van der Waals surface area contributed by atoms with Gasteiger partial charge >= 0.3 is 0 Å². The van der Waals surface area contributed by atoms with Crippen molar-refractivity contribution in [2.75, 3.05) is 30.8 Å². The maximum absolute atomic E-state index is 13.6. The molecule has 0 saturated heterocycles. The SMILES string of the molecule is CCCCNC(=O)[C@H](CC)N(Cc1cccc(OC)c1)C(=O)CCCN(c1cc(C)cc(C)c1)S(C)(=O)=O. The van der Waals surface area contributed by atoms with E-state index in [2.05, 4.69) is 12.2 Å². The van der Waals surface area contributed by atoms with Crippen LogP contribution in [0.1, 0.15) is 62.6 Å². The summed E-state index contributed by atoms with van der Waals surface area (Å²) in [7, 11) is -1.96. The molecule has 1 atom stereocenters. The van der Waals surface area contributed by atoms with E-state index in [1.165, 1.54) is 10.6 Å². The molecule has 0 radical (unpaired) electrons. The Labute approximate surface area is 228 Å². The Morgan fingerprint density at radius 1 is 1.03 bits per heavy atom. The predicted octanol–water partition coefficient (Wildman–Crippen LogP) is 4.58. The first kappa shape index (κ1) is 31.1. The standard InChI is InChI=1S/C29H43N3O5S/c1-7-9-15-30-29(34)27(8-2)31(21-24-12-10-13-26(20-24)37-5)28(33)14-11-16-32(38(6,35)36)25-18-22(3)17-23(4)19-25/h10,12-13,17-20,27H,7-9,11,14-16,21H2,1-6H3,(H,30,34)/t27-/m0/s1. The number of benzene rings is 2. The van der Waals surface area contributed by atoms with Crippen LogP contribution in [0.2, 0.25) is 0 Å². The van der Waals surface area contributed by atoms with Crippen molar-refractivity contribution in [3.8, 4) is 5.75 Å². The second-order valence-electron chi connectivity index (χ2n) is 9.73. The minimum Gasteiger partial charge on any atom is -0.497 e. The Balaban J connectivity index is 2.24. The van der Waals surface area contributed by atoms with E-state index in [9.17, 15) is 18.0 Å². The van der Waals surface area contributed by atoms with E-state index in [1.807, 2.05) is 63.2 Å². The summed E-state index contributed by atoms with van der Waals surface area (Å²) in [4.78, 5) is 28.2. The number of sulfonamides is 1. The van der Waals surface area contributed by atoms with Gasteiger partial charge < -0.3 is 15.0 Å². The van der Waals surface area contributed by atoms with Crippen molar-refractivity contribution in [2.45, 2.75) is 72.4 Å². The molecule has 0 spiro atoms. The van der Waals surface area contributed by atoms with Crippen LogP contribution in [0.4, 0.5) is 5.69 Å². The van der Waals surface area contributed by atoms with Gasteiger partial charge in [-0.15, -0.1) is 0 Å². The summed E-state index contributed by atoms with van der Waals surface area (Å²) >= 11 is 0. The van der Waals surface area contributed by atoms with Crippen LogP contribution >= 0.6 is 0 Å². The van der Waals surface area contributed by atoms with Crippen molar-refractivity contribution in [3.05, 3.63) is 59.2 Å². The van der Waals surface area contributed by atoms with Gasteiger partial charge in [0.15, 0.2) is 0 Å². The van der Waals surface area contributed by atoms with E-state index in [0.29, 0.717) is 30.8 Å². The molecule has 2 aromatic rings. The number of carbonyl (C=O) groups excluding carboxylic acids is 2. The molecular formula is C29H43N3O5S. The van der Waals surface area contributed by atoms with Gasteiger partial charge in [0.2, 0.25) is 21.8 Å². The van der Waals surface area contributed by atoms with Crippen molar-refractivity contribution in [1.29, 1.82) is 0 Å². The number of aryl methyl sites for hydroxylation is 2. The van der Waals surface area contributed by atoms with Gasteiger partial charge in [-0.1, -0.05) is 38.5 Å². The molecule has 9 heteroatoms. The zero-order chi connectivity index (χ0) is 28.3. The lowest BCUT2D eigenvalue weighted by Crippen LogP contribution is -2.49. The molecule has 8 nitrogen and oxygen atoms in total. The molecule has 38 heavy (non-hydrogen) atoms. The normalized spacial score (nSPS) is 12.1. The monoisotopic (exact) mass is 545 g/mol. The second kappa shape index (κ2) is 14.8. The molecule has 0 aromatic heterocycles. The van der Waals surface area contributed by atoms with Crippen molar-refractivity contribution in [2.24, 2.45) is 0 Å². The number of amides is 2. The zero-order valence-corrected chi connectivity index (χ0v) is 24.4. The number of unbranched alkanes of at least 4 members (excludes halogenated alkanes) is 1. The highest BCUT2D eigenvalue weighted by Crippen LogP contribution is 2.23. The van der Waals surface area contributed by atoms with Crippen LogP contribution in [0.25, 0.3) is 0 Å². The summed E-state index contributed by atoms with van der Waals surface area (Å²) in [6.45, 7) is 8.77. The highest BCUT2D eigenvalue weighted by molar-refractivity contribution is 7.92. The van der Waals surface area contributed by atoms with Crippen LogP contribution in [0.3, 0.4) is 0 Å². The Morgan fingerprint density at radius 2 is 1.71 bits per heavy atom. The van der Waals surface area contributed by atoms with Crippen LogP contribution < -0.4 is 14.4 Å². The molecule has 2 rings (SSSR count). The third-order valence-corrected chi connectivity index (χ3v) is 7.54. The van der Waals surface area contributed by atoms with Crippen molar-refractivity contribution in [1.82, 2.24) is 10.2 Å². The Bertz CT molecular complexity index is 1160. The smallest absolute Gasteiger partial charge is 0.242 e. The average molecular weight is 546 g/mol. The van der Waals surface area contributed by atoms with Crippen molar-refractivity contribution >= 4 is 27.5 Å². The fourth-order valence-electron chi connectivity index (χ4n) is 4.49. The fourth-order valence-corrected chi connectivity index (χ4v) is 5.44. The maximum atomic E-state index is 13.6. The van der Waals surface area contributed by atoms with Crippen LogP contribution in [-0.4, -0.2) is 57.6 Å². The minimum absolute atomic E-state index is 0.111. The summed E-state index contributed by atoms with van der Waals surface area (Å²) in [5, 5.41) is 2.96. The van der Waals surface area contributed by atoms with E-state index >= 15 is 0 Å². The number of anilines is 1. The number of nitrogens with zero attached hydrogens (tertiary/aromatic N) is 2. The number of rotatable bonds is 15. The molecule has 0 aliphatic rings. The summed E-state index contributed by atoms with van der Waals surface area (Å²) in [6, 6.07) is 12.5. The number of nitrogens with one attached hydrogen (secondary N) is 1. The zero-order valence-electron chi connectivity index (χ0n) is 23.6. The molecule has 0 aliphatic carbocycles. The molecule has 0 fully saturated rings. The number of hydrogen-bond donors (Lipinski definition) is 1. The summed E-state index contributed by atoms with van der Waals surface area (Å²) in [5.41, 5.74) is 3.38. The molecule has 0 saturated carbocycles. The van der Waals surface area contributed by atoms with E-state index in [1.54, 1.807) is 12.0 Å². The third kappa shape index (κ3) is 9.35. The van der Waals surface area contributed by atoms with E-state index < -0.39 is 16.1 Å². The first-order valence-corrected chi connectivity index (χ1v) is 15.1. The van der Waals surface area contributed by atoms with Gasteiger partial charge in [-0.2, -0.15) is 0 Å². The van der Waals surface area contributed by atoms with Gasteiger partial charge in [-0.05, 0) is 74.1 Å². The molecule has 0 bridgehead atoms.